The number of alkyl carbamates (subject to hydrolysis) is 1. The van der Waals surface area contributed by atoms with Gasteiger partial charge in [-0.15, -0.1) is 0 Å². The van der Waals surface area contributed by atoms with Crippen molar-refractivity contribution in [1.82, 2.24) is 35.6 Å². The molecule has 2 aliphatic rings. The van der Waals surface area contributed by atoms with Gasteiger partial charge in [0.1, 0.15) is 23.5 Å². The number of alkyl halides is 5. The highest BCUT2D eigenvalue weighted by molar-refractivity contribution is 5.87. The molecule has 2 amide bonds. The van der Waals surface area contributed by atoms with Gasteiger partial charge < -0.3 is 35.4 Å². The third kappa shape index (κ3) is 11.6. The Morgan fingerprint density at radius 1 is 0.952 bits per heavy atom. The van der Waals surface area contributed by atoms with E-state index in [2.05, 4.69) is 47.1 Å². The lowest BCUT2D eigenvalue weighted by Gasteiger charge is -2.42. The van der Waals surface area contributed by atoms with Gasteiger partial charge in [-0.3, -0.25) is 9.69 Å². The fraction of sp³-hybridized carbons (Fsp3) is 0.442. The van der Waals surface area contributed by atoms with Crippen LogP contribution in [0.25, 0.3) is 11.3 Å². The summed E-state index contributed by atoms with van der Waals surface area (Å²) in [5.74, 6) is 3.61. The maximum absolute atomic E-state index is 15.1. The minimum atomic E-state index is -4.98. The van der Waals surface area contributed by atoms with Crippen LogP contribution in [0.3, 0.4) is 0 Å². The zero-order valence-electron chi connectivity index (χ0n) is 34.6. The first-order valence-electron chi connectivity index (χ1n) is 20.0. The molecule has 0 bridgehead atoms. The Kier molecular flexibility index (Phi) is 15.0. The van der Waals surface area contributed by atoms with Crippen molar-refractivity contribution in [2.24, 2.45) is 5.41 Å². The summed E-state index contributed by atoms with van der Waals surface area (Å²) in [4.78, 5) is 35.0. The van der Waals surface area contributed by atoms with E-state index in [1.807, 2.05) is 17.4 Å². The van der Waals surface area contributed by atoms with E-state index in [0.29, 0.717) is 27.4 Å². The van der Waals surface area contributed by atoms with Gasteiger partial charge in [0, 0.05) is 73.9 Å². The van der Waals surface area contributed by atoms with Crippen LogP contribution in [0.4, 0.5) is 41.3 Å². The number of carbonyl (C=O) groups is 2. The second-order valence-electron chi connectivity index (χ2n) is 15.7. The molecule has 2 fully saturated rings. The number of aliphatic hydroxyl groups is 1. The number of aliphatic hydroxyl groups excluding tert-OH is 1. The highest BCUT2D eigenvalue weighted by Gasteiger charge is 2.56. The molecule has 6 rings (SSSR count). The molecule has 2 aromatic carbocycles. The summed E-state index contributed by atoms with van der Waals surface area (Å²) in [5, 5.41) is 22.0. The van der Waals surface area contributed by atoms with Crippen LogP contribution in [0.15, 0.2) is 67.0 Å². The molecule has 4 aromatic rings. The third-order valence-electron chi connectivity index (χ3n) is 11.1. The van der Waals surface area contributed by atoms with Crippen molar-refractivity contribution in [3.8, 4) is 23.1 Å². The van der Waals surface area contributed by atoms with Crippen molar-refractivity contribution < 1.29 is 54.9 Å². The molecular formula is C43H47F7N8O5. The van der Waals surface area contributed by atoms with E-state index in [9.17, 15) is 36.6 Å². The van der Waals surface area contributed by atoms with Gasteiger partial charge in [0.25, 0.3) is 0 Å². The zero-order chi connectivity index (χ0) is 45.5. The van der Waals surface area contributed by atoms with Crippen LogP contribution in [0, 0.1) is 28.9 Å². The Morgan fingerprint density at radius 3 is 2.16 bits per heavy atom. The maximum atomic E-state index is 15.1. The van der Waals surface area contributed by atoms with Gasteiger partial charge in [0.2, 0.25) is 5.91 Å². The van der Waals surface area contributed by atoms with Crippen LogP contribution >= 0.6 is 0 Å². The summed E-state index contributed by atoms with van der Waals surface area (Å²) >= 11 is 0. The Morgan fingerprint density at radius 2 is 1.60 bits per heavy atom. The molecule has 0 spiro atoms. The predicted molar refractivity (Wildman–Crippen MR) is 216 cm³/mol. The molecule has 63 heavy (non-hydrogen) atoms. The SMILES string of the molecule is COC(=O)NC(C(=O)N[C@@H](Cc1ccc(C#Cc2ccc(N3CCN(C4COC4)CC3)nc2)cc1)[C@@H](O)CNCc1c(F)cc(-c2ccn(C(F)F)n2)cc1F)C(C)(C)C(F)(F)F. The van der Waals surface area contributed by atoms with Crippen molar-refractivity contribution in [1.29, 1.82) is 0 Å². The Hall–Kier alpha value is -5.75. The molecule has 0 aliphatic carbocycles. The average Bonchev–Trinajstić information content (AvgIpc) is 3.74. The molecule has 2 saturated heterocycles. The Bertz CT molecular complexity index is 2230. The number of piperazine rings is 1. The lowest BCUT2D eigenvalue weighted by molar-refractivity contribution is -0.220. The van der Waals surface area contributed by atoms with E-state index >= 15 is 8.78 Å². The minimum Gasteiger partial charge on any atom is -0.453 e. The number of carbonyl (C=O) groups excluding carboxylic acids is 2. The predicted octanol–water partition coefficient (Wildman–Crippen LogP) is 5.03. The monoisotopic (exact) mass is 888 g/mol. The molecule has 4 N–H and O–H groups in total. The molecule has 1 unspecified atom stereocenters. The molecule has 0 saturated carbocycles. The van der Waals surface area contributed by atoms with Crippen molar-refractivity contribution in [2.75, 3.05) is 57.9 Å². The first kappa shape index (κ1) is 46.7. The number of rotatable bonds is 15. The fourth-order valence-corrected chi connectivity index (χ4v) is 6.99. The van der Waals surface area contributed by atoms with Crippen molar-refractivity contribution in [3.05, 3.63) is 101 Å². The number of hydrogen-bond donors (Lipinski definition) is 4. The second kappa shape index (κ2) is 20.2. The number of benzene rings is 2. The normalized spacial score (nSPS) is 16.4. The molecule has 4 heterocycles. The van der Waals surface area contributed by atoms with Gasteiger partial charge in [-0.2, -0.15) is 27.1 Å². The average molecular weight is 889 g/mol. The number of hydrogen-bond acceptors (Lipinski definition) is 10. The molecule has 338 valence electrons. The lowest BCUT2D eigenvalue weighted by Crippen LogP contribution is -2.62. The molecule has 0 radical (unpaired) electrons. The number of nitrogens with zero attached hydrogens (tertiary/aromatic N) is 5. The number of pyridine rings is 1. The molecule has 2 aliphatic heterocycles. The van der Waals surface area contributed by atoms with Gasteiger partial charge in [-0.25, -0.2) is 23.2 Å². The summed E-state index contributed by atoms with van der Waals surface area (Å²) in [6.07, 6.45) is -5.34. The molecular weight excluding hydrogens is 842 g/mol. The highest BCUT2D eigenvalue weighted by atomic mass is 19.4. The lowest BCUT2D eigenvalue weighted by atomic mass is 9.82. The van der Waals surface area contributed by atoms with Crippen LogP contribution in [-0.4, -0.2) is 120 Å². The summed E-state index contributed by atoms with van der Waals surface area (Å²) in [6.45, 7) is 2.70. The van der Waals surface area contributed by atoms with E-state index in [0.717, 1.165) is 90.6 Å². The number of nitrogens with one attached hydrogen (secondary N) is 3. The second-order valence-corrected chi connectivity index (χ2v) is 15.7. The Balaban J connectivity index is 1.14. The Labute approximate surface area is 358 Å². The highest BCUT2D eigenvalue weighted by Crippen LogP contribution is 2.40. The van der Waals surface area contributed by atoms with Crippen LogP contribution in [0.2, 0.25) is 0 Å². The summed E-state index contributed by atoms with van der Waals surface area (Å²) in [5.41, 5.74) is -1.67. The number of ether oxygens (including phenoxy) is 2. The zero-order valence-corrected chi connectivity index (χ0v) is 34.6. The molecule has 20 heteroatoms. The van der Waals surface area contributed by atoms with Gasteiger partial charge in [0.15, 0.2) is 0 Å². The fourth-order valence-electron chi connectivity index (χ4n) is 6.99. The molecule has 13 nitrogen and oxygen atoms in total. The van der Waals surface area contributed by atoms with Crippen LogP contribution in [0.1, 0.15) is 42.7 Å². The number of aromatic nitrogens is 3. The largest absolute Gasteiger partial charge is 0.453 e. The minimum absolute atomic E-state index is 0.0989. The van der Waals surface area contributed by atoms with Crippen LogP contribution in [-0.2, 0) is 27.2 Å². The first-order chi connectivity index (χ1) is 29.9. The van der Waals surface area contributed by atoms with Gasteiger partial charge in [-0.1, -0.05) is 24.0 Å². The van der Waals surface area contributed by atoms with Gasteiger partial charge in [0.05, 0.1) is 49.6 Å². The maximum Gasteiger partial charge on any atom is 0.407 e. The standard InChI is InChI=1S/C43H47F7N8O5/c1-42(2,43(48,49)50)38(54-41(61)62-3)39(60)53-35(36(59)23-51-22-31-32(44)19-29(20-33(31)45)34-12-13-58(55-34)40(46)47)18-27-7-4-26(5-8-27)6-9-28-10-11-37(52-21-28)57-16-14-56(15-17-57)30-24-63-25-30/h4-5,7-8,10-13,19-21,30,35-36,38,40,51,59H,14-18,22-25H2,1-3H3,(H,53,60)(H,54,61)/t35-,36-,38?/m0/s1. The van der Waals surface area contributed by atoms with E-state index < -0.39 is 78.6 Å². The van der Waals surface area contributed by atoms with Crippen LogP contribution < -0.4 is 20.9 Å². The molecule has 2 aromatic heterocycles. The third-order valence-corrected chi connectivity index (χ3v) is 11.1. The van der Waals surface area contributed by atoms with E-state index in [4.69, 9.17) is 4.74 Å². The van der Waals surface area contributed by atoms with E-state index in [1.165, 1.54) is 0 Å². The van der Waals surface area contributed by atoms with Gasteiger partial charge >= 0.3 is 18.8 Å². The molecule has 3 atom stereocenters. The quantitative estimate of drug-likeness (QED) is 0.0948. The number of amides is 2. The van der Waals surface area contributed by atoms with E-state index in [1.54, 1.807) is 30.5 Å². The number of methoxy groups -OCH3 is 1. The number of anilines is 1. The van der Waals surface area contributed by atoms with Gasteiger partial charge in [-0.05, 0) is 68.3 Å². The summed E-state index contributed by atoms with van der Waals surface area (Å²) in [6, 6.07) is 10.4. The summed E-state index contributed by atoms with van der Waals surface area (Å²) < 4.78 is 109. The number of halogens is 7. The first-order valence-corrected chi connectivity index (χ1v) is 20.0. The van der Waals surface area contributed by atoms with E-state index in [-0.39, 0.29) is 17.7 Å². The van der Waals surface area contributed by atoms with Crippen LogP contribution in [0.5, 0.6) is 0 Å². The smallest absolute Gasteiger partial charge is 0.407 e. The summed E-state index contributed by atoms with van der Waals surface area (Å²) in [7, 11) is 0.916. The topological polar surface area (TPSA) is 146 Å². The van der Waals surface area contributed by atoms with Crippen molar-refractivity contribution in [2.45, 2.75) is 63.8 Å². The van der Waals surface area contributed by atoms with Crippen molar-refractivity contribution >= 4 is 17.8 Å². The van der Waals surface area contributed by atoms with Crippen molar-refractivity contribution in [3.63, 3.8) is 0 Å².